The Morgan fingerprint density at radius 1 is 1.18 bits per heavy atom. The Bertz CT molecular complexity index is 286. The molecule has 96 valence electrons. The maximum atomic E-state index is 5.74. The Hall–Kier alpha value is -1.02. The number of hydrogen-bond donors (Lipinski definition) is 1. The van der Waals surface area contributed by atoms with E-state index < -0.39 is 0 Å². The normalized spacial score (nSPS) is 14.3. The summed E-state index contributed by atoms with van der Waals surface area (Å²) in [6.07, 6.45) is 2.31. The molecule has 0 saturated carbocycles. The van der Waals surface area contributed by atoms with E-state index in [9.17, 15) is 0 Å². The smallest absolute Gasteiger partial charge is 0.119 e. The average molecular weight is 235 g/mol. The molecule has 0 amide bonds. The van der Waals surface area contributed by atoms with Crippen molar-refractivity contribution in [3.63, 3.8) is 0 Å². The van der Waals surface area contributed by atoms with Crippen molar-refractivity contribution < 1.29 is 4.74 Å². The first-order valence-corrected chi connectivity index (χ1v) is 6.69. The number of nitrogens with one attached hydrogen (secondary N) is 1. The van der Waals surface area contributed by atoms with Gasteiger partial charge in [-0.15, -0.1) is 0 Å². The topological polar surface area (TPSA) is 21.3 Å². The molecule has 2 atom stereocenters. The van der Waals surface area contributed by atoms with Crippen molar-refractivity contribution in [2.75, 3.05) is 13.2 Å². The molecule has 0 fully saturated rings. The molecule has 0 saturated heterocycles. The van der Waals surface area contributed by atoms with Crippen LogP contribution in [0.25, 0.3) is 0 Å². The molecule has 1 rings (SSSR count). The maximum absolute atomic E-state index is 5.74. The third-order valence-electron chi connectivity index (χ3n) is 3.26. The Morgan fingerprint density at radius 3 is 2.47 bits per heavy atom. The zero-order valence-corrected chi connectivity index (χ0v) is 11.3. The van der Waals surface area contributed by atoms with Crippen LogP contribution < -0.4 is 10.1 Å². The minimum Gasteiger partial charge on any atom is -0.494 e. The lowest BCUT2D eigenvalue weighted by Crippen LogP contribution is -2.33. The van der Waals surface area contributed by atoms with E-state index in [1.807, 2.05) is 30.3 Å². The molecule has 0 aliphatic carbocycles. The predicted octanol–water partition coefficient (Wildman–Crippen LogP) is 3.48. The first-order valence-electron chi connectivity index (χ1n) is 6.69. The molecule has 0 radical (unpaired) electrons. The van der Waals surface area contributed by atoms with E-state index in [-0.39, 0.29) is 0 Å². The summed E-state index contributed by atoms with van der Waals surface area (Å²) in [5, 5.41) is 3.49. The highest BCUT2D eigenvalue weighted by molar-refractivity contribution is 5.20. The van der Waals surface area contributed by atoms with Gasteiger partial charge in [0.1, 0.15) is 5.75 Å². The van der Waals surface area contributed by atoms with E-state index in [4.69, 9.17) is 4.74 Å². The molecule has 1 aromatic carbocycles. The molecule has 1 aromatic rings. The van der Waals surface area contributed by atoms with Gasteiger partial charge in [0.05, 0.1) is 6.61 Å². The van der Waals surface area contributed by atoms with E-state index in [1.54, 1.807) is 0 Å². The maximum Gasteiger partial charge on any atom is 0.119 e. The van der Waals surface area contributed by atoms with E-state index in [2.05, 4.69) is 26.1 Å². The van der Waals surface area contributed by atoms with Crippen LogP contribution in [0.3, 0.4) is 0 Å². The lowest BCUT2D eigenvalue weighted by atomic mass is 9.95. The van der Waals surface area contributed by atoms with E-state index >= 15 is 0 Å². The number of para-hydroxylation sites is 1. The van der Waals surface area contributed by atoms with Crippen molar-refractivity contribution in [1.82, 2.24) is 5.32 Å². The first-order chi connectivity index (χ1) is 8.27. The zero-order valence-electron chi connectivity index (χ0n) is 11.3. The molecule has 2 nitrogen and oxygen atoms in total. The third kappa shape index (κ3) is 5.22. The lowest BCUT2D eigenvalue weighted by molar-refractivity contribution is 0.248. The van der Waals surface area contributed by atoms with E-state index in [0.29, 0.717) is 12.0 Å². The minimum atomic E-state index is 0.573. The number of benzene rings is 1. The van der Waals surface area contributed by atoms with Crippen molar-refractivity contribution in [3.8, 4) is 5.75 Å². The molecular formula is C15H25NO. The van der Waals surface area contributed by atoms with Crippen LogP contribution in [0.2, 0.25) is 0 Å². The van der Waals surface area contributed by atoms with E-state index in [1.165, 1.54) is 6.42 Å². The van der Waals surface area contributed by atoms with Crippen molar-refractivity contribution in [2.45, 2.75) is 39.7 Å². The minimum absolute atomic E-state index is 0.573. The number of hydrogen-bond acceptors (Lipinski definition) is 2. The highest BCUT2D eigenvalue weighted by atomic mass is 16.5. The van der Waals surface area contributed by atoms with Gasteiger partial charge < -0.3 is 10.1 Å². The molecule has 0 aromatic heterocycles. The Balaban J connectivity index is 2.28. The largest absolute Gasteiger partial charge is 0.494 e. The standard InChI is InChI=1S/C15H25NO/c1-4-14(13(3)16-5-2)11-12-17-15-9-7-6-8-10-15/h6-10,13-14,16H,4-5,11-12H2,1-3H3. The summed E-state index contributed by atoms with van der Waals surface area (Å²) in [6, 6.07) is 10.6. The van der Waals surface area contributed by atoms with Gasteiger partial charge in [-0.1, -0.05) is 38.5 Å². The van der Waals surface area contributed by atoms with Gasteiger partial charge in [0, 0.05) is 6.04 Å². The van der Waals surface area contributed by atoms with Gasteiger partial charge in [-0.05, 0) is 37.9 Å². The van der Waals surface area contributed by atoms with Crippen LogP contribution in [0.1, 0.15) is 33.6 Å². The van der Waals surface area contributed by atoms with Crippen LogP contribution in [-0.4, -0.2) is 19.2 Å². The average Bonchev–Trinajstić information content (AvgIpc) is 2.36. The second-order valence-corrected chi connectivity index (χ2v) is 4.46. The Labute approximate surface area is 105 Å². The first kappa shape index (κ1) is 14.0. The Morgan fingerprint density at radius 2 is 1.88 bits per heavy atom. The number of rotatable bonds is 8. The van der Waals surface area contributed by atoms with Crippen LogP contribution >= 0.6 is 0 Å². The second-order valence-electron chi connectivity index (χ2n) is 4.46. The quantitative estimate of drug-likeness (QED) is 0.745. The molecule has 0 aliphatic rings. The van der Waals surface area contributed by atoms with E-state index in [0.717, 1.165) is 25.3 Å². The fraction of sp³-hybridized carbons (Fsp3) is 0.600. The van der Waals surface area contributed by atoms with Gasteiger partial charge in [-0.3, -0.25) is 0 Å². The molecule has 2 unspecified atom stereocenters. The van der Waals surface area contributed by atoms with Crippen LogP contribution in [0.4, 0.5) is 0 Å². The summed E-state index contributed by atoms with van der Waals surface area (Å²) in [5.41, 5.74) is 0. The summed E-state index contributed by atoms with van der Waals surface area (Å²) in [7, 11) is 0. The fourth-order valence-electron chi connectivity index (χ4n) is 2.14. The summed E-state index contributed by atoms with van der Waals surface area (Å²) < 4.78 is 5.74. The summed E-state index contributed by atoms with van der Waals surface area (Å²) in [5.74, 6) is 1.66. The highest BCUT2D eigenvalue weighted by Gasteiger charge is 2.14. The SMILES string of the molecule is CCNC(C)C(CC)CCOc1ccccc1. The van der Waals surface area contributed by atoms with Gasteiger partial charge in [0.2, 0.25) is 0 Å². The van der Waals surface area contributed by atoms with Crippen molar-refractivity contribution in [3.05, 3.63) is 30.3 Å². The number of ether oxygens (including phenoxy) is 1. The summed E-state index contributed by atoms with van der Waals surface area (Å²) in [6.45, 7) is 8.51. The zero-order chi connectivity index (χ0) is 12.5. The van der Waals surface area contributed by atoms with Gasteiger partial charge in [-0.2, -0.15) is 0 Å². The van der Waals surface area contributed by atoms with Crippen LogP contribution in [0.5, 0.6) is 5.75 Å². The molecule has 0 heterocycles. The van der Waals surface area contributed by atoms with Gasteiger partial charge >= 0.3 is 0 Å². The molecule has 0 spiro atoms. The van der Waals surface area contributed by atoms with Crippen molar-refractivity contribution in [1.29, 1.82) is 0 Å². The molecule has 0 bridgehead atoms. The van der Waals surface area contributed by atoms with Crippen molar-refractivity contribution >= 4 is 0 Å². The van der Waals surface area contributed by atoms with Crippen molar-refractivity contribution in [2.24, 2.45) is 5.92 Å². The molecule has 2 heteroatoms. The molecular weight excluding hydrogens is 210 g/mol. The van der Waals surface area contributed by atoms with Crippen LogP contribution in [0, 0.1) is 5.92 Å². The Kier molecular flexibility index (Phi) is 6.71. The van der Waals surface area contributed by atoms with Gasteiger partial charge in [-0.25, -0.2) is 0 Å². The summed E-state index contributed by atoms with van der Waals surface area (Å²) in [4.78, 5) is 0. The second kappa shape index (κ2) is 8.13. The highest BCUT2D eigenvalue weighted by Crippen LogP contribution is 2.15. The monoisotopic (exact) mass is 235 g/mol. The van der Waals surface area contributed by atoms with Gasteiger partial charge in [0.15, 0.2) is 0 Å². The third-order valence-corrected chi connectivity index (χ3v) is 3.26. The van der Waals surface area contributed by atoms with Crippen LogP contribution in [-0.2, 0) is 0 Å². The van der Waals surface area contributed by atoms with Gasteiger partial charge in [0.25, 0.3) is 0 Å². The van der Waals surface area contributed by atoms with Crippen LogP contribution in [0.15, 0.2) is 30.3 Å². The summed E-state index contributed by atoms with van der Waals surface area (Å²) >= 11 is 0. The molecule has 17 heavy (non-hydrogen) atoms. The lowest BCUT2D eigenvalue weighted by Gasteiger charge is -2.23. The fourth-order valence-corrected chi connectivity index (χ4v) is 2.14. The molecule has 1 N–H and O–H groups in total. The predicted molar refractivity (Wildman–Crippen MR) is 73.5 cm³/mol. The molecule has 0 aliphatic heterocycles.